The van der Waals surface area contributed by atoms with Crippen molar-refractivity contribution < 1.29 is 37.0 Å². The molecule has 31 heavy (non-hydrogen) atoms. The molecule has 0 spiro atoms. The second-order valence-electron chi connectivity index (χ2n) is 7.88. The number of carboxylic acids is 1. The van der Waals surface area contributed by atoms with E-state index in [9.17, 15) is 22.4 Å². The number of amides is 2. The van der Waals surface area contributed by atoms with Crippen LogP contribution in [0.2, 0.25) is 0 Å². The maximum atomic E-state index is 13.2. The number of likely N-dealkylation sites (N-methyl/N-ethyl adjacent to an activating group) is 1. The van der Waals surface area contributed by atoms with Crippen LogP contribution in [0.3, 0.4) is 0 Å². The number of aliphatic carboxylic acids is 1. The van der Waals surface area contributed by atoms with Gasteiger partial charge in [-0.1, -0.05) is 12.1 Å². The standard InChI is InChI=1S/C18H26FN3O2.C2HF3O2/c1-21(2)11-17-16-6-7-22(10-14(16)12-24-17)18(23)20-9-13-4-3-5-15(19)8-13;3-2(4,5)1(6)7/h3-5,8,14,16-17H,6-7,9-12H2,1-2H3,(H,20,23);(H,6,7)/t14-,16-,17+;/m0./s1. The second kappa shape index (κ2) is 10.8. The molecule has 3 rings (SSSR count). The Morgan fingerprint density at radius 2 is 2.00 bits per heavy atom. The molecule has 2 aliphatic heterocycles. The van der Waals surface area contributed by atoms with E-state index in [2.05, 4.69) is 24.3 Å². The van der Waals surface area contributed by atoms with Crippen molar-refractivity contribution in [3.63, 3.8) is 0 Å². The maximum Gasteiger partial charge on any atom is 0.490 e. The molecule has 0 unspecified atom stereocenters. The molecule has 2 saturated heterocycles. The van der Waals surface area contributed by atoms with E-state index in [-0.39, 0.29) is 18.0 Å². The molecule has 0 saturated carbocycles. The highest BCUT2D eigenvalue weighted by Gasteiger charge is 2.41. The summed E-state index contributed by atoms with van der Waals surface area (Å²) in [7, 11) is 4.12. The van der Waals surface area contributed by atoms with Crippen LogP contribution in [0.5, 0.6) is 0 Å². The van der Waals surface area contributed by atoms with E-state index < -0.39 is 12.1 Å². The molecule has 1 aromatic rings. The molecule has 1 aromatic carbocycles. The summed E-state index contributed by atoms with van der Waals surface area (Å²) in [6, 6.07) is 6.24. The summed E-state index contributed by atoms with van der Waals surface area (Å²) in [5, 5.41) is 10.0. The lowest BCUT2D eigenvalue weighted by Gasteiger charge is -2.36. The molecule has 2 aliphatic rings. The van der Waals surface area contributed by atoms with Gasteiger partial charge in [-0.2, -0.15) is 13.2 Å². The van der Waals surface area contributed by atoms with E-state index >= 15 is 0 Å². The molecule has 0 bridgehead atoms. The molecular weight excluding hydrogens is 422 g/mol. The van der Waals surface area contributed by atoms with Gasteiger partial charge in [0.15, 0.2) is 0 Å². The van der Waals surface area contributed by atoms with Gasteiger partial charge in [0.2, 0.25) is 0 Å². The lowest BCUT2D eigenvalue weighted by Crippen LogP contribution is -2.49. The Morgan fingerprint density at radius 3 is 2.58 bits per heavy atom. The molecule has 2 heterocycles. The van der Waals surface area contributed by atoms with Crippen LogP contribution in [-0.4, -0.2) is 79.5 Å². The van der Waals surface area contributed by atoms with Gasteiger partial charge in [-0.05, 0) is 44.1 Å². The molecule has 3 atom stereocenters. The number of halogens is 4. The van der Waals surface area contributed by atoms with E-state index in [1.807, 2.05) is 11.0 Å². The number of ether oxygens (including phenoxy) is 1. The van der Waals surface area contributed by atoms with Crippen LogP contribution in [0.1, 0.15) is 12.0 Å². The Balaban J connectivity index is 0.000000423. The number of likely N-dealkylation sites (tertiary alicyclic amines) is 1. The van der Waals surface area contributed by atoms with E-state index in [1.165, 1.54) is 12.1 Å². The molecule has 2 fully saturated rings. The van der Waals surface area contributed by atoms with Crippen LogP contribution < -0.4 is 5.32 Å². The van der Waals surface area contributed by atoms with Gasteiger partial charge in [0.25, 0.3) is 0 Å². The van der Waals surface area contributed by atoms with Gasteiger partial charge in [0, 0.05) is 32.1 Å². The van der Waals surface area contributed by atoms with Crippen LogP contribution in [0.25, 0.3) is 0 Å². The van der Waals surface area contributed by atoms with Crippen molar-refractivity contribution in [2.45, 2.75) is 25.2 Å². The molecule has 0 radical (unpaired) electrons. The van der Waals surface area contributed by atoms with Gasteiger partial charge < -0.3 is 25.0 Å². The Labute approximate surface area is 177 Å². The van der Waals surface area contributed by atoms with Gasteiger partial charge in [0.05, 0.1) is 12.7 Å². The average Bonchev–Trinajstić information content (AvgIpc) is 3.07. The Morgan fingerprint density at radius 1 is 1.32 bits per heavy atom. The van der Waals surface area contributed by atoms with Crippen molar-refractivity contribution in [3.05, 3.63) is 35.6 Å². The Kier molecular flexibility index (Phi) is 8.63. The molecule has 7 nitrogen and oxygen atoms in total. The van der Waals surface area contributed by atoms with Gasteiger partial charge in [-0.25, -0.2) is 14.0 Å². The van der Waals surface area contributed by atoms with Gasteiger partial charge in [0.1, 0.15) is 5.82 Å². The minimum absolute atomic E-state index is 0.0752. The number of urea groups is 1. The van der Waals surface area contributed by atoms with E-state index in [0.29, 0.717) is 18.4 Å². The first-order valence-corrected chi connectivity index (χ1v) is 9.81. The summed E-state index contributed by atoms with van der Waals surface area (Å²) in [5.41, 5.74) is 0.772. The number of carbonyl (C=O) groups excluding carboxylic acids is 1. The summed E-state index contributed by atoms with van der Waals surface area (Å²) < 4.78 is 50.9. The normalized spacial score (nSPS) is 23.1. The van der Waals surface area contributed by atoms with Crippen molar-refractivity contribution in [2.24, 2.45) is 11.8 Å². The van der Waals surface area contributed by atoms with Crippen LogP contribution in [0, 0.1) is 17.7 Å². The summed E-state index contributed by atoms with van der Waals surface area (Å²) in [6.45, 7) is 3.51. The highest BCUT2D eigenvalue weighted by atomic mass is 19.4. The van der Waals surface area contributed by atoms with Crippen molar-refractivity contribution in [1.82, 2.24) is 15.1 Å². The zero-order valence-electron chi connectivity index (χ0n) is 17.4. The highest BCUT2D eigenvalue weighted by Crippen LogP contribution is 2.34. The number of hydrogen-bond donors (Lipinski definition) is 2. The number of nitrogens with one attached hydrogen (secondary N) is 1. The Bertz CT molecular complexity index is 760. The third kappa shape index (κ3) is 7.66. The third-order valence-corrected chi connectivity index (χ3v) is 5.20. The second-order valence-corrected chi connectivity index (χ2v) is 7.88. The number of fused-ring (bicyclic) bond motifs is 1. The topological polar surface area (TPSA) is 82.1 Å². The molecule has 2 N–H and O–H groups in total. The fourth-order valence-corrected chi connectivity index (χ4v) is 3.76. The minimum atomic E-state index is -5.08. The van der Waals surface area contributed by atoms with Crippen LogP contribution in [0.15, 0.2) is 24.3 Å². The first-order chi connectivity index (χ1) is 14.5. The van der Waals surface area contributed by atoms with Crippen molar-refractivity contribution in [3.8, 4) is 0 Å². The lowest BCUT2D eigenvalue weighted by atomic mass is 9.84. The number of benzene rings is 1. The predicted octanol–water partition coefficient (Wildman–Crippen LogP) is 2.57. The SMILES string of the molecule is CN(C)C[C@H]1OC[C@@H]2CN(C(=O)NCc3cccc(F)c3)CC[C@@H]21.O=C(O)C(F)(F)F. The number of carboxylic acid groups (broad SMARTS) is 1. The van der Waals surface area contributed by atoms with E-state index in [4.69, 9.17) is 14.6 Å². The molecule has 2 amide bonds. The monoisotopic (exact) mass is 449 g/mol. The minimum Gasteiger partial charge on any atom is -0.475 e. The van der Waals surface area contributed by atoms with Gasteiger partial charge >= 0.3 is 18.2 Å². The fraction of sp³-hybridized carbons (Fsp3) is 0.600. The van der Waals surface area contributed by atoms with Crippen molar-refractivity contribution in [1.29, 1.82) is 0 Å². The Hall–Kier alpha value is -2.40. The number of hydrogen-bond acceptors (Lipinski definition) is 4. The number of nitrogens with zero attached hydrogens (tertiary/aromatic N) is 2. The summed E-state index contributed by atoms with van der Waals surface area (Å²) in [6.07, 6.45) is -3.82. The predicted molar refractivity (Wildman–Crippen MR) is 104 cm³/mol. The summed E-state index contributed by atoms with van der Waals surface area (Å²) in [4.78, 5) is 25.3. The summed E-state index contributed by atoms with van der Waals surface area (Å²) in [5.74, 6) is -2.08. The fourth-order valence-electron chi connectivity index (χ4n) is 3.76. The van der Waals surface area contributed by atoms with Crippen LogP contribution in [0.4, 0.5) is 22.4 Å². The quantitative estimate of drug-likeness (QED) is 0.691. The van der Waals surface area contributed by atoms with Crippen molar-refractivity contribution in [2.75, 3.05) is 40.3 Å². The smallest absolute Gasteiger partial charge is 0.475 e. The largest absolute Gasteiger partial charge is 0.490 e. The number of alkyl halides is 3. The molecule has 11 heteroatoms. The number of piperidine rings is 1. The zero-order valence-corrected chi connectivity index (χ0v) is 17.4. The maximum absolute atomic E-state index is 13.2. The number of carbonyl (C=O) groups is 2. The third-order valence-electron chi connectivity index (χ3n) is 5.20. The average molecular weight is 449 g/mol. The lowest BCUT2D eigenvalue weighted by molar-refractivity contribution is -0.192. The number of rotatable bonds is 4. The van der Waals surface area contributed by atoms with Crippen LogP contribution in [-0.2, 0) is 16.1 Å². The van der Waals surface area contributed by atoms with Crippen molar-refractivity contribution >= 4 is 12.0 Å². The van der Waals surface area contributed by atoms with Crippen LogP contribution >= 0.6 is 0 Å². The molecule has 0 aliphatic carbocycles. The first-order valence-electron chi connectivity index (χ1n) is 9.81. The zero-order chi connectivity index (χ0) is 23.2. The molecule has 174 valence electrons. The van der Waals surface area contributed by atoms with E-state index in [0.717, 1.165) is 38.2 Å². The van der Waals surface area contributed by atoms with Gasteiger partial charge in [-0.3, -0.25) is 0 Å². The molecular formula is C20H27F4N3O4. The summed E-state index contributed by atoms with van der Waals surface area (Å²) >= 11 is 0. The molecule has 0 aromatic heterocycles. The van der Waals surface area contributed by atoms with Gasteiger partial charge in [-0.15, -0.1) is 0 Å². The first kappa shape index (κ1) is 24.9. The highest BCUT2D eigenvalue weighted by molar-refractivity contribution is 5.74. The van der Waals surface area contributed by atoms with E-state index in [1.54, 1.807) is 6.07 Å².